The molecule has 8 rings (SSSR count). The molecule has 16 heteroatoms. The van der Waals surface area contributed by atoms with Crippen molar-refractivity contribution in [2.45, 2.75) is 117 Å². The van der Waals surface area contributed by atoms with Crippen LogP contribution in [0.5, 0.6) is 0 Å². The van der Waals surface area contributed by atoms with Crippen LogP contribution in [0.4, 0.5) is 4.79 Å². The maximum Gasteiger partial charge on any atom is 0.355 e. The minimum absolute atomic E-state index is 0.00406. The van der Waals surface area contributed by atoms with Crippen molar-refractivity contribution in [1.29, 1.82) is 0 Å². The molecular formula is C51H64N8O7S. The summed E-state index contributed by atoms with van der Waals surface area (Å²) in [6, 6.07) is 17.7. The summed E-state index contributed by atoms with van der Waals surface area (Å²) in [7, 11) is 3.31. The molecule has 3 aliphatic rings. The van der Waals surface area contributed by atoms with Gasteiger partial charge in [-0.1, -0.05) is 64.1 Å². The fourth-order valence-corrected chi connectivity index (χ4v) is 11.0. The van der Waals surface area contributed by atoms with Crippen LogP contribution in [-0.2, 0) is 43.2 Å². The normalized spacial score (nSPS) is 22.1. The fourth-order valence-electron chi connectivity index (χ4n) is 10.1. The second-order valence-corrected chi connectivity index (χ2v) is 20.3. The first-order valence-corrected chi connectivity index (χ1v) is 24.4. The Hall–Kier alpha value is -5.68. The van der Waals surface area contributed by atoms with Crippen LogP contribution in [-0.4, -0.2) is 110 Å². The minimum atomic E-state index is -2.21. The van der Waals surface area contributed by atoms with E-state index in [1.165, 1.54) is 21.2 Å². The highest BCUT2D eigenvalue weighted by Crippen LogP contribution is 2.42. The Morgan fingerprint density at radius 3 is 2.58 bits per heavy atom. The Morgan fingerprint density at radius 1 is 1.07 bits per heavy atom. The number of likely N-dealkylation sites (N-methyl/N-ethyl adjacent to an activating group) is 1. The van der Waals surface area contributed by atoms with E-state index in [-0.39, 0.29) is 56.5 Å². The van der Waals surface area contributed by atoms with E-state index in [0.29, 0.717) is 24.5 Å². The van der Waals surface area contributed by atoms with Gasteiger partial charge >= 0.3 is 12.0 Å². The first-order valence-electron chi connectivity index (χ1n) is 23.5. The van der Waals surface area contributed by atoms with Gasteiger partial charge in [-0.05, 0) is 80.8 Å². The lowest BCUT2D eigenvalue weighted by Gasteiger charge is -2.40. The molecule has 0 aliphatic carbocycles. The number of methoxy groups -OCH3 is 1. The van der Waals surface area contributed by atoms with Gasteiger partial charge in [0, 0.05) is 85.7 Å². The monoisotopic (exact) mass is 932 g/mol. The number of ether oxygens (including phenoxy) is 2. The molecule has 6 bridgehead atoms. The fraction of sp³-hybridized carbons (Fsp3) is 0.490. The van der Waals surface area contributed by atoms with Gasteiger partial charge in [0.25, 0.3) is 5.91 Å². The largest absolute Gasteiger partial charge is 0.462 e. The Bertz CT molecular complexity index is 2630. The number of rotatable bonds is 9. The summed E-state index contributed by atoms with van der Waals surface area (Å²) >= 11 is 1.38. The molecule has 6 heterocycles. The number of fused-ring (bicyclic) bond motifs is 6. The van der Waals surface area contributed by atoms with E-state index >= 15 is 0 Å². The predicted molar refractivity (Wildman–Crippen MR) is 257 cm³/mol. The van der Waals surface area contributed by atoms with Crippen molar-refractivity contribution in [3.63, 3.8) is 0 Å². The number of aryl methyl sites for hydroxylation is 1. The third-order valence-electron chi connectivity index (χ3n) is 13.6. The van der Waals surface area contributed by atoms with Gasteiger partial charge < -0.3 is 34.3 Å². The Labute approximate surface area is 396 Å². The zero-order valence-electron chi connectivity index (χ0n) is 39.9. The molecule has 3 N–H and O–H groups in total. The lowest BCUT2D eigenvalue weighted by Crippen LogP contribution is -2.67. The molecule has 2 fully saturated rings. The molecule has 5 aromatic rings. The molecule has 0 spiro atoms. The molecule has 2 saturated heterocycles. The number of aromatic nitrogens is 3. The predicted octanol–water partition coefficient (Wildman–Crippen LogP) is 7.44. The van der Waals surface area contributed by atoms with Gasteiger partial charge in [-0.15, -0.1) is 11.3 Å². The number of nitrogens with zero attached hydrogens (tertiary/aromatic N) is 6. The minimum Gasteiger partial charge on any atom is -0.462 e. The van der Waals surface area contributed by atoms with Gasteiger partial charge in [-0.25, -0.2) is 14.6 Å². The highest BCUT2D eigenvalue weighted by Gasteiger charge is 2.46. The van der Waals surface area contributed by atoms with Crippen molar-refractivity contribution in [1.82, 2.24) is 40.1 Å². The van der Waals surface area contributed by atoms with Crippen molar-refractivity contribution in [2.24, 2.45) is 11.3 Å². The number of thiazole rings is 1. The molecule has 67 heavy (non-hydrogen) atoms. The summed E-state index contributed by atoms with van der Waals surface area (Å²) in [5, 5.41) is 19.7. The van der Waals surface area contributed by atoms with E-state index in [1.807, 2.05) is 81.3 Å². The van der Waals surface area contributed by atoms with Crippen molar-refractivity contribution in [2.75, 3.05) is 33.9 Å². The summed E-state index contributed by atoms with van der Waals surface area (Å²) in [6.45, 7) is 13.3. The highest BCUT2D eigenvalue weighted by atomic mass is 32.1. The maximum absolute atomic E-state index is 14.7. The molecule has 0 unspecified atom stereocenters. The summed E-state index contributed by atoms with van der Waals surface area (Å²) < 4.78 is 14.1. The molecule has 356 valence electrons. The molecule has 0 radical (unpaired) electrons. The number of aliphatic hydroxyl groups is 1. The summed E-state index contributed by atoms with van der Waals surface area (Å²) in [6.07, 6.45) is 3.95. The number of hydrogen-bond donors (Lipinski definition) is 3. The molecule has 0 saturated carbocycles. The van der Waals surface area contributed by atoms with Crippen molar-refractivity contribution in [3.05, 3.63) is 94.1 Å². The van der Waals surface area contributed by atoms with Crippen LogP contribution < -0.4 is 10.7 Å². The van der Waals surface area contributed by atoms with E-state index in [0.717, 1.165) is 63.1 Å². The van der Waals surface area contributed by atoms with Crippen molar-refractivity contribution in [3.8, 4) is 22.5 Å². The van der Waals surface area contributed by atoms with Gasteiger partial charge in [-0.2, -0.15) is 5.43 Å². The van der Waals surface area contributed by atoms with E-state index in [2.05, 4.69) is 46.5 Å². The molecular weight excluding hydrogens is 869 g/mol. The average Bonchev–Trinajstić information content (AvgIpc) is 4.08. The smallest absolute Gasteiger partial charge is 0.355 e. The van der Waals surface area contributed by atoms with Gasteiger partial charge in [0.2, 0.25) is 11.6 Å². The third kappa shape index (κ3) is 9.58. The van der Waals surface area contributed by atoms with Crippen LogP contribution in [0, 0.1) is 11.3 Å². The Morgan fingerprint density at radius 2 is 1.85 bits per heavy atom. The second kappa shape index (κ2) is 19.5. The second-order valence-electron chi connectivity index (χ2n) is 19.3. The van der Waals surface area contributed by atoms with Crippen LogP contribution >= 0.6 is 11.3 Å². The number of urea groups is 1. The standard InChI is InChI=1S/C51H64N8O7S/c1-9-57-41-21-20-34-26-36(41)37(45(57)35-18-13-23-52-43(35)32(4)65-8)28-50(5,6)30-66-48(62)51(64)22-15-25-59(55-51)47(61)38(27-42-53-39(34)29-67-42)54-46(60)44(31(2)3)56(7)49(63)58-24-14-19-40(58)33-16-11-10-12-17-33/h10-13,16-18,20-21,23,26,29,31-32,38,40,44,55,64H,9,14-15,19,22,24-25,27-28,30H2,1-8H3,(H,54,60)/t32-,38-,40-,44-,51-/m0/s1. The maximum atomic E-state index is 14.7. The number of esters is 1. The quantitative estimate of drug-likeness (QED) is 0.126. The number of nitrogens with one attached hydrogen (secondary N) is 2. The SMILES string of the molecule is CCn1c(-c2cccnc2[C@H](C)OC)c2c3cc(ccc31)-c1csc(n1)C[C@H](NC(=O)[C@H](C(C)C)N(C)C(=O)N1CCC[C@H]1c1ccccc1)C(=O)N1CCC[C@@](O)(N1)C(=O)OCC(C)(C)C2. The lowest BCUT2D eigenvalue weighted by molar-refractivity contribution is -0.189. The van der Waals surface area contributed by atoms with Gasteiger partial charge in [0.05, 0.1) is 40.8 Å². The molecule has 15 nitrogen and oxygen atoms in total. The number of hydrazine groups is 1. The number of carbonyl (C=O) groups excluding carboxylic acids is 4. The van der Waals surface area contributed by atoms with Crippen LogP contribution in [0.15, 0.2) is 72.2 Å². The Kier molecular flexibility index (Phi) is 13.9. The summed E-state index contributed by atoms with van der Waals surface area (Å²) in [5.74, 6) is -2.28. The number of carbonyl (C=O) groups is 4. The van der Waals surface area contributed by atoms with E-state index < -0.39 is 41.0 Å². The third-order valence-corrected chi connectivity index (χ3v) is 14.4. The highest BCUT2D eigenvalue weighted by molar-refractivity contribution is 7.10. The molecule has 3 aliphatic heterocycles. The van der Waals surface area contributed by atoms with Crippen molar-refractivity contribution >= 4 is 46.1 Å². The Balaban J connectivity index is 1.17. The van der Waals surface area contributed by atoms with Gasteiger partial charge in [0.15, 0.2) is 0 Å². The topological polar surface area (TPSA) is 171 Å². The van der Waals surface area contributed by atoms with Gasteiger partial charge in [-0.3, -0.25) is 19.6 Å². The number of pyridine rings is 1. The molecule has 4 amide bonds. The number of amides is 4. The molecule has 3 aromatic heterocycles. The van der Waals surface area contributed by atoms with Crippen LogP contribution in [0.1, 0.15) is 101 Å². The number of cyclic esters (lactones) is 1. The summed E-state index contributed by atoms with van der Waals surface area (Å²) in [4.78, 5) is 70.8. The van der Waals surface area contributed by atoms with E-state index in [4.69, 9.17) is 19.4 Å². The zero-order chi connectivity index (χ0) is 47.8. The van der Waals surface area contributed by atoms with Crippen molar-refractivity contribution < 1.29 is 33.8 Å². The summed E-state index contributed by atoms with van der Waals surface area (Å²) in [5.41, 5.74) is 7.41. The average molecular weight is 933 g/mol. The molecule has 5 atom stereocenters. The molecule has 2 aromatic carbocycles. The first kappa shape index (κ1) is 47.8. The number of hydrogen-bond acceptors (Lipinski definition) is 11. The van der Waals surface area contributed by atoms with E-state index in [1.54, 1.807) is 20.4 Å². The number of likely N-dealkylation sites (tertiary alicyclic amines) is 1. The van der Waals surface area contributed by atoms with Crippen LogP contribution in [0.2, 0.25) is 0 Å². The lowest BCUT2D eigenvalue weighted by atomic mass is 9.84. The van der Waals surface area contributed by atoms with Crippen LogP contribution in [0.3, 0.4) is 0 Å². The van der Waals surface area contributed by atoms with Crippen LogP contribution in [0.25, 0.3) is 33.4 Å². The zero-order valence-corrected chi connectivity index (χ0v) is 40.7. The van der Waals surface area contributed by atoms with Gasteiger partial charge in [0.1, 0.15) is 12.1 Å². The van der Waals surface area contributed by atoms with E-state index in [9.17, 15) is 24.3 Å². The number of benzene rings is 2. The first-order chi connectivity index (χ1) is 32.0.